The first kappa shape index (κ1) is 19.0. The van der Waals surface area contributed by atoms with E-state index in [9.17, 15) is 34.5 Å². The van der Waals surface area contributed by atoms with E-state index < -0.39 is 43.7 Å². The highest BCUT2D eigenvalue weighted by molar-refractivity contribution is 7.49. The van der Waals surface area contributed by atoms with Crippen LogP contribution in [0.15, 0.2) is 33.5 Å². The molecule has 0 spiro atoms. The van der Waals surface area contributed by atoms with Gasteiger partial charge in [-0.25, -0.2) is 4.79 Å². The molecule has 10 nitrogen and oxygen atoms in total. The van der Waals surface area contributed by atoms with E-state index in [-0.39, 0.29) is 11.3 Å². The molecule has 3 rings (SSSR count). The Labute approximate surface area is 146 Å². The lowest BCUT2D eigenvalue weighted by atomic mass is 10.1. The van der Waals surface area contributed by atoms with Gasteiger partial charge < -0.3 is 43.6 Å². The molecule has 142 valence electrons. The Morgan fingerprint density at radius 1 is 1.12 bits per heavy atom. The summed E-state index contributed by atoms with van der Waals surface area (Å²) < 4.78 is 26.4. The smallest absolute Gasteiger partial charge is 0.336 e. The molecule has 1 aliphatic heterocycles. The standard InChI is InChI=1S/C15H17O10P/c1-6-4-10(16)24-9-5-7(2-3-8(6)9)23-14-12(18)11(17)13(19)15(25-14)26(20,21)22/h2-5,11-15,17-19H,1H3,(H2,20,21,22)/p-2/t11-,12-,13+,14-,15-/m1/s1. The summed E-state index contributed by atoms with van der Waals surface area (Å²) in [4.78, 5) is 33.8. The van der Waals surface area contributed by atoms with Crippen molar-refractivity contribution in [2.75, 3.05) is 0 Å². The van der Waals surface area contributed by atoms with Crippen LogP contribution in [0.3, 0.4) is 0 Å². The Morgan fingerprint density at radius 3 is 2.46 bits per heavy atom. The average Bonchev–Trinajstić information content (AvgIpc) is 2.53. The zero-order valence-electron chi connectivity index (χ0n) is 13.3. The maximum absolute atomic E-state index is 11.5. The third-order valence-electron chi connectivity index (χ3n) is 4.03. The molecule has 2 aromatic rings. The fourth-order valence-corrected chi connectivity index (χ4v) is 3.52. The van der Waals surface area contributed by atoms with Gasteiger partial charge in [0.25, 0.3) is 0 Å². The lowest BCUT2D eigenvalue weighted by Gasteiger charge is -2.47. The second kappa shape index (κ2) is 6.75. The molecular formula is C15H15O10P-2. The molecule has 1 aromatic heterocycles. The molecule has 0 unspecified atom stereocenters. The fraction of sp³-hybridized carbons (Fsp3) is 0.400. The third-order valence-corrected chi connectivity index (χ3v) is 5.08. The minimum atomic E-state index is -5.44. The SMILES string of the molecule is Cc1cc(=O)oc2cc(O[C@@H]3O[C@H](P(=O)([O-])[O-])[C@@H](O)[C@H](O)[C@H]3O)ccc12. The van der Waals surface area contributed by atoms with Gasteiger partial charge in [-0.15, -0.1) is 0 Å². The summed E-state index contributed by atoms with van der Waals surface area (Å²) >= 11 is 0. The molecule has 1 aromatic carbocycles. The number of fused-ring (bicyclic) bond motifs is 1. The average molecular weight is 386 g/mol. The Morgan fingerprint density at radius 2 is 1.81 bits per heavy atom. The van der Waals surface area contributed by atoms with Crippen LogP contribution in [0.2, 0.25) is 0 Å². The van der Waals surface area contributed by atoms with E-state index in [2.05, 4.69) is 0 Å². The summed E-state index contributed by atoms with van der Waals surface area (Å²) in [5.41, 5.74) is 0.251. The molecule has 0 aliphatic carbocycles. The van der Waals surface area contributed by atoms with Crippen molar-refractivity contribution >= 4 is 18.6 Å². The van der Waals surface area contributed by atoms with E-state index in [4.69, 9.17) is 13.9 Å². The van der Waals surface area contributed by atoms with Crippen LogP contribution < -0.4 is 20.1 Å². The predicted molar refractivity (Wildman–Crippen MR) is 82.1 cm³/mol. The number of benzene rings is 1. The molecule has 1 aliphatic rings. The highest BCUT2D eigenvalue weighted by Crippen LogP contribution is 2.40. The molecule has 0 radical (unpaired) electrons. The van der Waals surface area contributed by atoms with E-state index in [0.717, 1.165) is 0 Å². The molecule has 0 bridgehead atoms. The van der Waals surface area contributed by atoms with Crippen LogP contribution in [-0.2, 0) is 9.30 Å². The molecule has 1 saturated heterocycles. The van der Waals surface area contributed by atoms with Gasteiger partial charge in [0.1, 0.15) is 35.5 Å². The van der Waals surface area contributed by atoms with E-state index >= 15 is 0 Å². The fourth-order valence-electron chi connectivity index (χ4n) is 2.70. The van der Waals surface area contributed by atoms with E-state index in [1.165, 1.54) is 18.2 Å². The number of hydrogen-bond acceptors (Lipinski definition) is 10. The second-order valence-corrected chi connectivity index (χ2v) is 7.52. The van der Waals surface area contributed by atoms with Gasteiger partial charge >= 0.3 is 5.63 Å². The monoisotopic (exact) mass is 386 g/mol. The van der Waals surface area contributed by atoms with Gasteiger partial charge in [-0.1, -0.05) is 0 Å². The third kappa shape index (κ3) is 3.53. The van der Waals surface area contributed by atoms with Crippen LogP contribution in [0.5, 0.6) is 5.75 Å². The summed E-state index contributed by atoms with van der Waals surface area (Å²) in [6, 6.07) is 5.61. The van der Waals surface area contributed by atoms with Crippen LogP contribution in [-0.4, -0.2) is 45.8 Å². The van der Waals surface area contributed by atoms with Crippen LogP contribution in [0.25, 0.3) is 11.0 Å². The Bertz CT molecular complexity index is 918. The molecule has 11 heteroatoms. The number of hydrogen-bond donors (Lipinski definition) is 3. The first-order chi connectivity index (χ1) is 12.1. The molecule has 1 fully saturated rings. The summed E-state index contributed by atoms with van der Waals surface area (Å²) in [6.45, 7) is 1.70. The van der Waals surface area contributed by atoms with Gasteiger partial charge in [-0.3, -0.25) is 0 Å². The first-order valence-corrected chi connectivity index (χ1v) is 9.11. The molecule has 3 N–H and O–H groups in total. The highest BCUT2D eigenvalue weighted by Gasteiger charge is 2.46. The van der Waals surface area contributed by atoms with Crippen LogP contribution in [0, 0.1) is 6.92 Å². The van der Waals surface area contributed by atoms with E-state index in [1.807, 2.05) is 0 Å². The second-order valence-electron chi connectivity index (χ2n) is 5.93. The minimum Gasteiger partial charge on any atom is -0.809 e. The normalized spacial score (nSPS) is 29.7. The van der Waals surface area contributed by atoms with Crippen LogP contribution in [0.1, 0.15) is 5.56 Å². The molecule has 2 heterocycles. The van der Waals surface area contributed by atoms with Gasteiger partial charge in [0.15, 0.2) is 0 Å². The quantitative estimate of drug-likeness (QED) is 0.402. The summed E-state index contributed by atoms with van der Waals surface area (Å²) in [7, 11) is -5.44. The topological polar surface area (TPSA) is 173 Å². The van der Waals surface area contributed by atoms with Crippen molar-refractivity contribution in [3.05, 3.63) is 40.2 Å². The van der Waals surface area contributed by atoms with Gasteiger partial charge in [-0.2, -0.15) is 0 Å². The minimum absolute atomic E-state index is 0.0178. The van der Waals surface area contributed by atoms with Crippen molar-refractivity contribution in [3.63, 3.8) is 0 Å². The Kier molecular flexibility index (Phi) is 4.93. The number of aliphatic hydroxyl groups is 3. The van der Waals surface area contributed by atoms with Crippen LogP contribution >= 0.6 is 7.60 Å². The van der Waals surface area contributed by atoms with Crippen molar-refractivity contribution in [2.24, 2.45) is 0 Å². The summed E-state index contributed by atoms with van der Waals surface area (Å²) in [5, 5.41) is 29.9. The molecule has 26 heavy (non-hydrogen) atoms. The van der Waals surface area contributed by atoms with Gasteiger partial charge in [0.2, 0.25) is 6.29 Å². The van der Waals surface area contributed by atoms with Gasteiger partial charge in [0.05, 0.1) is 0 Å². The molecular weight excluding hydrogens is 371 g/mol. The number of rotatable bonds is 3. The van der Waals surface area contributed by atoms with Crippen LogP contribution in [0.4, 0.5) is 0 Å². The maximum Gasteiger partial charge on any atom is 0.336 e. The number of aliphatic hydroxyl groups excluding tert-OH is 3. The molecule has 0 amide bonds. The predicted octanol–water partition coefficient (Wildman–Crippen LogP) is -1.84. The van der Waals surface area contributed by atoms with Crippen molar-refractivity contribution in [3.8, 4) is 5.75 Å². The molecule has 0 saturated carbocycles. The summed E-state index contributed by atoms with van der Waals surface area (Å²) in [5.74, 6) is -2.27. The first-order valence-electron chi connectivity index (χ1n) is 7.50. The summed E-state index contributed by atoms with van der Waals surface area (Å²) in [6.07, 6.45) is -7.67. The lowest BCUT2D eigenvalue weighted by Crippen LogP contribution is -2.60. The van der Waals surface area contributed by atoms with Crippen molar-refractivity contribution in [2.45, 2.75) is 37.4 Å². The zero-order valence-corrected chi connectivity index (χ0v) is 14.2. The maximum atomic E-state index is 11.5. The van der Waals surface area contributed by atoms with Gasteiger partial charge in [-0.05, 0) is 32.2 Å². The van der Waals surface area contributed by atoms with Crippen molar-refractivity contribution in [1.29, 1.82) is 0 Å². The Hall–Kier alpha value is -1.78. The zero-order chi connectivity index (χ0) is 19.2. The van der Waals surface area contributed by atoms with Gasteiger partial charge in [0, 0.05) is 17.5 Å². The number of ether oxygens (including phenoxy) is 2. The lowest BCUT2D eigenvalue weighted by molar-refractivity contribution is -0.343. The Balaban J connectivity index is 1.90. The number of aryl methyl sites for hydroxylation is 1. The molecule has 5 atom stereocenters. The van der Waals surface area contributed by atoms with E-state index in [1.54, 1.807) is 13.0 Å². The van der Waals surface area contributed by atoms with E-state index in [0.29, 0.717) is 10.9 Å². The highest BCUT2D eigenvalue weighted by atomic mass is 31.2. The van der Waals surface area contributed by atoms with Crippen molar-refractivity contribution < 1.29 is 43.6 Å². The largest absolute Gasteiger partial charge is 0.809 e. The van der Waals surface area contributed by atoms with Crippen molar-refractivity contribution in [1.82, 2.24) is 0 Å².